The first kappa shape index (κ1) is 24.3. The number of rotatable bonds is 4. The summed E-state index contributed by atoms with van der Waals surface area (Å²) < 4.78 is 24.9. The molecule has 0 saturated carbocycles. The van der Waals surface area contributed by atoms with Gasteiger partial charge in [0.05, 0.1) is 34.8 Å². The summed E-state index contributed by atoms with van der Waals surface area (Å²) in [6.45, 7) is 7.09. The fraction of sp³-hybridized carbons (Fsp3) is 0.632. The Kier molecular flexibility index (Phi) is 7.69. The molecule has 2 aromatic heterocycles. The Morgan fingerprint density at radius 3 is 2.53 bits per heavy atom. The predicted molar refractivity (Wildman–Crippen MR) is 117 cm³/mol. The molecule has 1 unspecified atom stereocenters. The second kappa shape index (κ2) is 9.47. The van der Waals surface area contributed by atoms with Crippen LogP contribution in [-0.4, -0.2) is 57.9 Å². The molecule has 1 atom stereocenters. The summed E-state index contributed by atoms with van der Waals surface area (Å²) in [5, 5.41) is 23.1. The third kappa shape index (κ3) is 5.03. The lowest BCUT2D eigenvalue weighted by Gasteiger charge is -2.27. The Balaban J connectivity index is 0.000000248. The van der Waals surface area contributed by atoms with Crippen molar-refractivity contribution in [3.05, 3.63) is 22.5 Å². The summed E-state index contributed by atoms with van der Waals surface area (Å²) >= 11 is 6.27. The fourth-order valence-corrected chi connectivity index (χ4v) is 4.65. The van der Waals surface area contributed by atoms with Crippen LogP contribution in [-0.2, 0) is 15.4 Å². The Bertz CT molecular complexity index is 1040. The number of piperidine rings is 1. The summed E-state index contributed by atoms with van der Waals surface area (Å²) in [6.07, 6.45) is 5.49. The van der Waals surface area contributed by atoms with Crippen molar-refractivity contribution in [2.45, 2.75) is 58.0 Å². The number of nitriles is 1. The smallest absolute Gasteiger partial charge is 0.238 e. The summed E-state index contributed by atoms with van der Waals surface area (Å²) in [6, 6.07) is 2.19. The SMILES string of the molecule is CCC(C)(CC)c1c(C#N)c(Cl)c2cnc(N)nn12.CS(=O)(=O)N1CCCC(O)C1. The van der Waals surface area contributed by atoms with Gasteiger partial charge in [-0.25, -0.2) is 17.9 Å². The van der Waals surface area contributed by atoms with Gasteiger partial charge in [-0.05, 0) is 25.7 Å². The quantitative estimate of drug-likeness (QED) is 0.719. The van der Waals surface area contributed by atoms with Crippen LogP contribution in [0, 0.1) is 11.3 Å². The zero-order chi connectivity index (χ0) is 22.7. The first-order chi connectivity index (χ1) is 14.0. The van der Waals surface area contributed by atoms with Crippen molar-refractivity contribution in [1.82, 2.24) is 18.9 Å². The molecule has 0 spiro atoms. The molecule has 0 aliphatic carbocycles. The number of halogens is 1. The summed E-state index contributed by atoms with van der Waals surface area (Å²) in [7, 11) is -3.09. The van der Waals surface area contributed by atoms with E-state index in [-0.39, 0.29) is 17.9 Å². The van der Waals surface area contributed by atoms with Crippen LogP contribution in [0.25, 0.3) is 5.52 Å². The number of fused-ring (bicyclic) bond motifs is 1. The van der Waals surface area contributed by atoms with E-state index < -0.39 is 16.1 Å². The number of aliphatic hydroxyl groups excluding tert-OH is 1. The molecule has 3 rings (SSSR count). The fourth-order valence-electron chi connectivity index (χ4n) is 3.49. The zero-order valence-electron chi connectivity index (χ0n) is 17.8. The van der Waals surface area contributed by atoms with Gasteiger partial charge in [0.1, 0.15) is 11.6 Å². The number of nitrogen functional groups attached to an aromatic ring is 1. The topological polar surface area (TPSA) is 138 Å². The van der Waals surface area contributed by atoms with Crippen LogP contribution in [0.2, 0.25) is 5.02 Å². The molecular weight excluding hydrogens is 428 g/mol. The van der Waals surface area contributed by atoms with Gasteiger partial charge in [-0.3, -0.25) is 0 Å². The van der Waals surface area contributed by atoms with Gasteiger partial charge in [-0.1, -0.05) is 32.4 Å². The van der Waals surface area contributed by atoms with Crippen molar-refractivity contribution in [3.8, 4) is 6.07 Å². The van der Waals surface area contributed by atoms with Gasteiger partial charge in [0.2, 0.25) is 16.0 Å². The van der Waals surface area contributed by atoms with Crippen molar-refractivity contribution < 1.29 is 13.5 Å². The lowest BCUT2D eigenvalue weighted by molar-refractivity contribution is 0.108. The van der Waals surface area contributed by atoms with Gasteiger partial charge in [-0.15, -0.1) is 5.10 Å². The van der Waals surface area contributed by atoms with Crippen LogP contribution in [0.3, 0.4) is 0 Å². The van der Waals surface area contributed by atoms with Crippen molar-refractivity contribution >= 4 is 33.1 Å². The molecule has 0 aromatic carbocycles. The van der Waals surface area contributed by atoms with E-state index in [1.54, 1.807) is 10.7 Å². The first-order valence-corrected chi connectivity index (χ1v) is 12.1. The molecule has 2 aromatic rings. The summed E-state index contributed by atoms with van der Waals surface area (Å²) in [5.74, 6) is 0.166. The van der Waals surface area contributed by atoms with Gasteiger partial charge in [-0.2, -0.15) is 9.57 Å². The van der Waals surface area contributed by atoms with Gasteiger partial charge in [0.15, 0.2) is 0 Å². The number of hydrogen-bond acceptors (Lipinski definition) is 7. The molecule has 11 heteroatoms. The minimum absolute atomic E-state index is 0.166. The Hall–Kier alpha value is -1.93. The number of anilines is 1. The highest BCUT2D eigenvalue weighted by atomic mass is 35.5. The van der Waals surface area contributed by atoms with Crippen LogP contribution in [0.15, 0.2) is 6.20 Å². The average Bonchev–Trinajstić information content (AvgIpc) is 2.98. The molecule has 0 bridgehead atoms. The standard InChI is InChI=1S/C13H16ClN5.C6H13NO3S/c1-4-13(3,5-2)11-8(6-15)10(14)9-7-17-12(16)18-19(9)11;1-11(9,10)7-4-2-3-6(8)5-7/h7H,4-5H2,1-3H3,(H2,16,18);6,8H,2-5H2,1H3. The third-order valence-electron chi connectivity index (χ3n) is 5.72. The van der Waals surface area contributed by atoms with E-state index in [4.69, 9.17) is 22.4 Å². The molecule has 3 heterocycles. The molecule has 30 heavy (non-hydrogen) atoms. The molecule has 1 fully saturated rings. The molecule has 0 amide bonds. The lowest BCUT2D eigenvalue weighted by atomic mass is 9.80. The number of nitrogens with two attached hydrogens (primary N) is 1. The number of nitrogens with zero attached hydrogens (tertiary/aromatic N) is 5. The van der Waals surface area contributed by atoms with E-state index in [1.165, 1.54) is 10.6 Å². The number of aliphatic hydroxyl groups is 1. The molecule has 1 aliphatic rings. The lowest BCUT2D eigenvalue weighted by Crippen LogP contribution is -2.41. The highest BCUT2D eigenvalue weighted by molar-refractivity contribution is 7.88. The Labute approximate surface area is 182 Å². The van der Waals surface area contributed by atoms with Crippen molar-refractivity contribution in [2.24, 2.45) is 0 Å². The van der Waals surface area contributed by atoms with Gasteiger partial charge >= 0.3 is 0 Å². The van der Waals surface area contributed by atoms with E-state index in [1.807, 2.05) is 0 Å². The van der Waals surface area contributed by atoms with Crippen molar-refractivity contribution in [1.29, 1.82) is 5.26 Å². The molecule has 9 nitrogen and oxygen atoms in total. The van der Waals surface area contributed by atoms with Crippen LogP contribution >= 0.6 is 11.6 Å². The predicted octanol–water partition coefficient (Wildman–Crippen LogP) is 2.32. The third-order valence-corrected chi connectivity index (χ3v) is 7.37. The van der Waals surface area contributed by atoms with Crippen molar-refractivity contribution in [2.75, 3.05) is 25.1 Å². The second-order valence-electron chi connectivity index (χ2n) is 7.75. The van der Waals surface area contributed by atoms with Gasteiger partial charge in [0.25, 0.3) is 0 Å². The van der Waals surface area contributed by atoms with Crippen LogP contribution in [0.5, 0.6) is 0 Å². The molecule has 1 saturated heterocycles. The summed E-state index contributed by atoms with van der Waals surface area (Å²) in [5.41, 5.74) is 7.37. The second-order valence-corrected chi connectivity index (χ2v) is 10.1. The number of sulfonamides is 1. The van der Waals surface area contributed by atoms with E-state index in [9.17, 15) is 13.7 Å². The highest BCUT2D eigenvalue weighted by Gasteiger charge is 2.32. The van der Waals surface area contributed by atoms with Crippen molar-refractivity contribution in [3.63, 3.8) is 0 Å². The minimum Gasteiger partial charge on any atom is -0.392 e. The largest absolute Gasteiger partial charge is 0.392 e. The molecule has 166 valence electrons. The molecular formula is C19H29ClN6O3S. The van der Waals surface area contributed by atoms with E-state index >= 15 is 0 Å². The zero-order valence-corrected chi connectivity index (χ0v) is 19.3. The summed E-state index contributed by atoms with van der Waals surface area (Å²) in [4.78, 5) is 3.94. The minimum atomic E-state index is -3.09. The highest BCUT2D eigenvalue weighted by Crippen LogP contribution is 2.38. The Morgan fingerprint density at radius 2 is 2.07 bits per heavy atom. The van der Waals surface area contributed by atoms with E-state index in [0.29, 0.717) is 29.1 Å². The van der Waals surface area contributed by atoms with E-state index in [2.05, 4.69) is 36.9 Å². The monoisotopic (exact) mass is 456 g/mol. The van der Waals surface area contributed by atoms with Gasteiger partial charge in [0, 0.05) is 18.5 Å². The number of aromatic nitrogens is 3. The number of hydrogen-bond donors (Lipinski definition) is 2. The maximum Gasteiger partial charge on any atom is 0.238 e. The molecule has 1 aliphatic heterocycles. The first-order valence-electron chi connectivity index (χ1n) is 9.85. The molecule has 3 N–H and O–H groups in total. The number of β-amino-alcohol motifs (C(OH)–C–C–N with tert-alkyl or cyclic N) is 1. The normalized spacial score (nSPS) is 18.0. The maximum absolute atomic E-state index is 10.9. The van der Waals surface area contributed by atoms with Crippen LogP contribution < -0.4 is 5.73 Å². The molecule has 0 radical (unpaired) electrons. The Morgan fingerprint density at radius 1 is 1.43 bits per heavy atom. The van der Waals surface area contributed by atoms with E-state index in [0.717, 1.165) is 25.0 Å². The van der Waals surface area contributed by atoms with Crippen LogP contribution in [0.4, 0.5) is 5.95 Å². The van der Waals surface area contributed by atoms with Gasteiger partial charge < -0.3 is 10.8 Å². The maximum atomic E-state index is 10.9. The van der Waals surface area contributed by atoms with Crippen LogP contribution in [0.1, 0.15) is 57.7 Å². The average molecular weight is 457 g/mol.